The summed E-state index contributed by atoms with van der Waals surface area (Å²) in [6, 6.07) is 3.24. The standard InChI is InChI=1S/C11H13N3O2/c1-7-3-4-9(16-7)11(15)14-8(2)10-12-5-6-13-10/h3-6,8H,1-2H3,(H,12,13)(H,14,15). The van der Waals surface area contributed by atoms with Gasteiger partial charge in [0.2, 0.25) is 0 Å². The van der Waals surface area contributed by atoms with Gasteiger partial charge in [-0.05, 0) is 26.0 Å². The van der Waals surface area contributed by atoms with E-state index in [2.05, 4.69) is 15.3 Å². The molecule has 84 valence electrons. The van der Waals surface area contributed by atoms with Crippen molar-refractivity contribution in [3.05, 3.63) is 41.9 Å². The molecule has 2 rings (SSSR count). The topological polar surface area (TPSA) is 70.9 Å². The van der Waals surface area contributed by atoms with Gasteiger partial charge in [-0.3, -0.25) is 4.79 Å². The average molecular weight is 219 g/mol. The summed E-state index contributed by atoms with van der Waals surface area (Å²) >= 11 is 0. The van der Waals surface area contributed by atoms with Crippen LogP contribution in [0, 0.1) is 6.92 Å². The third kappa shape index (κ3) is 2.13. The number of amides is 1. The number of aryl methyl sites for hydroxylation is 1. The number of nitrogens with zero attached hydrogens (tertiary/aromatic N) is 1. The van der Waals surface area contributed by atoms with Gasteiger partial charge in [-0.15, -0.1) is 0 Å². The first-order chi connectivity index (χ1) is 7.66. The minimum Gasteiger partial charge on any atom is -0.456 e. The fraction of sp³-hybridized carbons (Fsp3) is 0.273. The quantitative estimate of drug-likeness (QED) is 0.826. The summed E-state index contributed by atoms with van der Waals surface area (Å²) < 4.78 is 5.22. The largest absolute Gasteiger partial charge is 0.456 e. The van der Waals surface area contributed by atoms with Crippen LogP contribution in [0.25, 0.3) is 0 Å². The van der Waals surface area contributed by atoms with Gasteiger partial charge in [0.25, 0.3) is 5.91 Å². The van der Waals surface area contributed by atoms with E-state index in [9.17, 15) is 4.79 Å². The van der Waals surface area contributed by atoms with Crippen LogP contribution >= 0.6 is 0 Å². The predicted molar refractivity (Wildman–Crippen MR) is 57.9 cm³/mol. The Balaban J connectivity index is 2.03. The van der Waals surface area contributed by atoms with Crippen molar-refractivity contribution in [2.24, 2.45) is 0 Å². The zero-order valence-corrected chi connectivity index (χ0v) is 9.15. The van der Waals surface area contributed by atoms with Gasteiger partial charge in [0.05, 0.1) is 6.04 Å². The summed E-state index contributed by atoms with van der Waals surface area (Å²) in [7, 11) is 0. The lowest BCUT2D eigenvalue weighted by Gasteiger charge is -2.09. The molecule has 5 heteroatoms. The van der Waals surface area contributed by atoms with Crippen LogP contribution in [-0.4, -0.2) is 15.9 Å². The van der Waals surface area contributed by atoms with Crippen LogP contribution in [0.2, 0.25) is 0 Å². The highest BCUT2D eigenvalue weighted by molar-refractivity contribution is 5.91. The fourth-order valence-corrected chi connectivity index (χ4v) is 1.41. The smallest absolute Gasteiger partial charge is 0.287 e. The third-order valence-electron chi connectivity index (χ3n) is 2.24. The van der Waals surface area contributed by atoms with E-state index >= 15 is 0 Å². The van der Waals surface area contributed by atoms with Gasteiger partial charge in [0, 0.05) is 12.4 Å². The van der Waals surface area contributed by atoms with Crippen molar-refractivity contribution in [1.29, 1.82) is 0 Å². The summed E-state index contributed by atoms with van der Waals surface area (Å²) in [5.41, 5.74) is 0. The maximum atomic E-state index is 11.7. The molecule has 0 aliphatic rings. The lowest BCUT2D eigenvalue weighted by Crippen LogP contribution is -2.26. The molecule has 0 spiro atoms. The van der Waals surface area contributed by atoms with Gasteiger partial charge in [0.1, 0.15) is 11.6 Å². The minimum absolute atomic E-state index is 0.173. The van der Waals surface area contributed by atoms with Crippen molar-refractivity contribution in [2.75, 3.05) is 0 Å². The van der Waals surface area contributed by atoms with Crippen LogP contribution in [0.15, 0.2) is 28.9 Å². The van der Waals surface area contributed by atoms with E-state index in [1.165, 1.54) is 0 Å². The number of carbonyl (C=O) groups is 1. The summed E-state index contributed by atoms with van der Waals surface area (Å²) in [5, 5.41) is 2.79. The van der Waals surface area contributed by atoms with E-state index in [-0.39, 0.29) is 11.9 Å². The van der Waals surface area contributed by atoms with Crippen molar-refractivity contribution >= 4 is 5.91 Å². The molecule has 0 saturated heterocycles. The Morgan fingerprint density at radius 3 is 2.94 bits per heavy atom. The predicted octanol–water partition coefficient (Wildman–Crippen LogP) is 1.80. The van der Waals surface area contributed by atoms with Crippen LogP contribution in [0.1, 0.15) is 35.1 Å². The average Bonchev–Trinajstić information content (AvgIpc) is 2.87. The number of H-pyrrole nitrogens is 1. The molecule has 1 amide bonds. The first kappa shape index (κ1) is 10.5. The molecule has 16 heavy (non-hydrogen) atoms. The van der Waals surface area contributed by atoms with E-state index in [1.807, 2.05) is 6.92 Å². The van der Waals surface area contributed by atoms with E-state index < -0.39 is 0 Å². The molecular formula is C11H13N3O2. The molecule has 1 unspecified atom stereocenters. The Bertz CT molecular complexity index is 473. The van der Waals surface area contributed by atoms with Crippen LogP contribution in [0.3, 0.4) is 0 Å². The zero-order valence-electron chi connectivity index (χ0n) is 9.15. The lowest BCUT2D eigenvalue weighted by atomic mass is 10.3. The molecule has 5 nitrogen and oxygen atoms in total. The molecule has 0 aliphatic heterocycles. The highest BCUT2D eigenvalue weighted by atomic mass is 16.3. The molecule has 2 aromatic rings. The fourth-order valence-electron chi connectivity index (χ4n) is 1.41. The van der Waals surface area contributed by atoms with Crippen molar-refractivity contribution in [3.63, 3.8) is 0 Å². The van der Waals surface area contributed by atoms with Crippen LogP contribution < -0.4 is 5.32 Å². The molecule has 0 aliphatic carbocycles. The molecule has 0 saturated carbocycles. The van der Waals surface area contributed by atoms with Gasteiger partial charge >= 0.3 is 0 Å². The molecule has 2 N–H and O–H groups in total. The third-order valence-corrected chi connectivity index (χ3v) is 2.24. The van der Waals surface area contributed by atoms with Gasteiger partial charge < -0.3 is 14.7 Å². The Morgan fingerprint density at radius 2 is 2.38 bits per heavy atom. The molecule has 0 bridgehead atoms. The van der Waals surface area contributed by atoms with Crippen molar-refractivity contribution in [3.8, 4) is 0 Å². The second-order valence-corrected chi connectivity index (χ2v) is 3.58. The molecule has 0 radical (unpaired) electrons. The summed E-state index contributed by atoms with van der Waals surface area (Å²) in [6.07, 6.45) is 3.37. The van der Waals surface area contributed by atoms with Gasteiger partial charge in [-0.1, -0.05) is 0 Å². The first-order valence-electron chi connectivity index (χ1n) is 5.03. The van der Waals surface area contributed by atoms with Crippen molar-refractivity contribution in [1.82, 2.24) is 15.3 Å². The lowest BCUT2D eigenvalue weighted by molar-refractivity contribution is 0.0909. The number of hydrogen-bond donors (Lipinski definition) is 2. The van der Waals surface area contributed by atoms with E-state index in [0.717, 1.165) is 11.6 Å². The number of aromatic nitrogens is 2. The Morgan fingerprint density at radius 1 is 1.56 bits per heavy atom. The highest BCUT2D eigenvalue weighted by Gasteiger charge is 2.15. The van der Waals surface area contributed by atoms with Crippen molar-refractivity contribution in [2.45, 2.75) is 19.9 Å². The molecule has 2 heterocycles. The number of imidazole rings is 1. The maximum Gasteiger partial charge on any atom is 0.287 e. The van der Waals surface area contributed by atoms with E-state index in [4.69, 9.17) is 4.42 Å². The van der Waals surface area contributed by atoms with E-state index in [0.29, 0.717) is 5.76 Å². The molecule has 1 atom stereocenters. The minimum atomic E-state index is -0.239. The number of carbonyl (C=O) groups excluding carboxylic acids is 1. The summed E-state index contributed by atoms with van der Waals surface area (Å²) in [4.78, 5) is 18.7. The normalized spacial score (nSPS) is 12.4. The number of rotatable bonds is 3. The zero-order chi connectivity index (χ0) is 11.5. The van der Waals surface area contributed by atoms with Gasteiger partial charge in [-0.2, -0.15) is 0 Å². The Labute approximate surface area is 92.9 Å². The van der Waals surface area contributed by atoms with Crippen LogP contribution in [0.4, 0.5) is 0 Å². The van der Waals surface area contributed by atoms with Crippen LogP contribution in [0.5, 0.6) is 0 Å². The monoisotopic (exact) mass is 219 g/mol. The van der Waals surface area contributed by atoms with Gasteiger partial charge in [-0.25, -0.2) is 4.98 Å². The number of nitrogens with one attached hydrogen (secondary N) is 2. The molecule has 2 aromatic heterocycles. The molecular weight excluding hydrogens is 206 g/mol. The summed E-state index contributed by atoms with van der Waals surface area (Å²) in [6.45, 7) is 3.65. The Hall–Kier alpha value is -2.04. The molecule has 0 aromatic carbocycles. The summed E-state index contributed by atoms with van der Waals surface area (Å²) in [5.74, 6) is 1.51. The number of aromatic amines is 1. The van der Waals surface area contributed by atoms with E-state index in [1.54, 1.807) is 31.5 Å². The Kier molecular flexibility index (Phi) is 2.76. The van der Waals surface area contributed by atoms with Crippen LogP contribution in [-0.2, 0) is 0 Å². The maximum absolute atomic E-state index is 11.7. The van der Waals surface area contributed by atoms with Gasteiger partial charge in [0.15, 0.2) is 5.76 Å². The van der Waals surface area contributed by atoms with Crippen molar-refractivity contribution < 1.29 is 9.21 Å². The second kappa shape index (κ2) is 4.22. The first-order valence-corrected chi connectivity index (χ1v) is 5.03. The second-order valence-electron chi connectivity index (χ2n) is 3.58. The SMILES string of the molecule is Cc1ccc(C(=O)NC(C)c2ncc[nH]2)o1. The highest BCUT2D eigenvalue weighted by Crippen LogP contribution is 2.10. The number of hydrogen-bond acceptors (Lipinski definition) is 3. The molecule has 0 fully saturated rings. The number of furan rings is 1.